The summed E-state index contributed by atoms with van der Waals surface area (Å²) in [7, 11) is -0.441. The molecule has 0 spiro atoms. The maximum absolute atomic E-state index is 14.8. The lowest BCUT2D eigenvalue weighted by Gasteiger charge is -2.27. The number of rotatable bonds is 12. The van der Waals surface area contributed by atoms with Crippen LogP contribution in [-0.2, 0) is 14.6 Å². The largest absolute Gasteiger partial charge is 0.388 e. The average Bonchev–Trinajstić information content (AvgIpc) is 3.71. The number of nitrogens with one attached hydrogen (secondary N) is 2. The number of hydrogen-bond acceptors (Lipinski definition) is 5. The average molecular weight is 565 g/mol. The van der Waals surface area contributed by atoms with Gasteiger partial charge >= 0.3 is 0 Å². The summed E-state index contributed by atoms with van der Waals surface area (Å²) >= 11 is 0. The molecule has 1 fully saturated rings. The van der Waals surface area contributed by atoms with E-state index in [9.17, 15) is 17.2 Å². The van der Waals surface area contributed by atoms with Gasteiger partial charge in [0.15, 0.2) is 9.84 Å². The minimum atomic E-state index is -3.69. The number of methoxy groups -OCH3 is 1. The van der Waals surface area contributed by atoms with Crippen molar-refractivity contribution >= 4 is 21.2 Å². The predicted molar refractivity (Wildman–Crippen MR) is 161 cm³/mol. The molecule has 1 unspecified atom stereocenters. The molecule has 0 amide bonds. The van der Waals surface area contributed by atoms with Crippen LogP contribution in [0.3, 0.4) is 0 Å². The lowest BCUT2D eigenvalue weighted by atomic mass is 10.0. The van der Waals surface area contributed by atoms with Crippen molar-refractivity contribution in [2.45, 2.75) is 84.8 Å². The van der Waals surface area contributed by atoms with Gasteiger partial charge in [0, 0.05) is 31.3 Å². The molecule has 1 aliphatic carbocycles. The molecule has 2 N–H and O–H groups in total. The molecule has 0 radical (unpaired) electrons. The molecule has 1 aliphatic rings. The van der Waals surface area contributed by atoms with Crippen molar-refractivity contribution < 1.29 is 21.9 Å². The van der Waals surface area contributed by atoms with E-state index in [1.54, 1.807) is 46.3 Å². The molecule has 1 saturated carbocycles. The van der Waals surface area contributed by atoms with Crippen molar-refractivity contribution in [2.24, 2.45) is 0 Å². The zero-order valence-corrected chi connectivity index (χ0v) is 25.8. The summed E-state index contributed by atoms with van der Waals surface area (Å²) in [6.07, 6.45) is 7.69. The van der Waals surface area contributed by atoms with Gasteiger partial charge in [0.25, 0.3) is 0 Å². The van der Waals surface area contributed by atoms with Crippen LogP contribution >= 0.6 is 0 Å². The van der Waals surface area contributed by atoms with E-state index < -0.39 is 26.3 Å². The second-order valence-electron chi connectivity index (χ2n) is 10.5. The molecule has 5 nitrogen and oxygen atoms in total. The third kappa shape index (κ3) is 10.2. The first-order valence-corrected chi connectivity index (χ1v) is 15.0. The van der Waals surface area contributed by atoms with Crippen molar-refractivity contribution in [3.8, 4) is 0 Å². The molecule has 2 rings (SSSR count). The summed E-state index contributed by atoms with van der Waals surface area (Å²) in [4.78, 5) is 0. The van der Waals surface area contributed by atoms with E-state index in [1.165, 1.54) is 37.6 Å². The summed E-state index contributed by atoms with van der Waals surface area (Å²) in [6, 6.07) is 4.61. The summed E-state index contributed by atoms with van der Waals surface area (Å²) in [5, 5.41) is 11.4. The zero-order chi connectivity index (χ0) is 30.0. The van der Waals surface area contributed by atoms with Crippen molar-refractivity contribution in [3.63, 3.8) is 0 Å². The topological polar surface area (TPSA) is 79.2 Å². The number of anilines is 1. The Bertz CT molecular complexity index is 1240. The molecule has 1 aromatic rings. The minimum Gasteiger partial charge on any atom is -0.388 e. The fourth-order valence-corrected chi connectivity index (χ4v) is 5.61. The molecule has 0 bridgehead atoms. The van der Waals surface area contributed by atoms with Gasteiger partial charge in [-0.15, -0.1) is 0 Å². The maximum Gasteiger partial charge on any atom is 0.161 e. The van der Waals surface area contributed by atoms with Crippen molar-refractivity contribution in [3.05, 3.63) is 76.1 Å². The van der Waals surface area contributed by atoms with Crippen molar-refractivity contribution in [1.82, 2.24) is 0 Å². The van der Waals surface area contributed by atoms with E-state index in [2.05, 4.69) is 10.1 Å². The summed E-state index contributed by atoms with van der Waals surface area (Å²) < 4.78 is 58.1. The van der Waals surface area contributed by atoms with E-state index in [1.807, 2.05) is 20.8 Å². The van der Waals surface area contributed by atoms with Gasteiger partial charge in [-0.25, -0.2) is 17.2 Å². The normalized spacial score (nSPS) is 15.4. The van der Waals surface area contributed by atoms with Gasteiger partial charge in [-0.05, 0) is 106 Å². The highest BCUT2D eigenvalue weighted by atomic mass is 32.2. The van der Waals surface area contributed by atoms with Crippen LogP contribution in [0.1, 0.15) is 85.6 Å². The molecular weight excluding hydrogens is 518 g/mol. The van der Waals surface area contributed by atoms with Gasteiger partial charge in [-0.3, -0.25) is 0 Å². The first-order chi connectivity index (χ1) is 18.1. The van der Waals surface area contributed by atoms with Crippen LogP contribution in [0.5, 0.6) is 0 Å². The van der Waals surface area contributed by atoms with E-state index >= 15 is 0 Å². The Morgan fingerprint density at radius 1 is 1.15 bits per heavy atom. The zero-order valence-electron chi connectivity index (χ0n) is 25.0. The first-order valence-electron chi connectivity index (χ1n) is 13.3. The van der Waals surface area contributed by atoms with E-state index in [0.717, 1.165) is 36.1 Å². The number of hydrogen-bond donors (Lipinski definition) is 2. The molecular formula is C31H46F2N2O3S. The number of sulfone groups is 1. The number of ether oxygens (including phenoxy) is 1. The maximum atomic E-state index is 14.8. The molecule has 39 heavy (non-hydrogen) atoms. The fraction of sp³-hybridized carbons (Fsp3) is 0.516. The number of halogens is 2. The quantitative estimate of drug-likeness (QED) is 0.197. The Balaban J connectivity index is 0.00000242. The second kappa shape index (κ2) is 15.3. The minimum absolute atomic E-state index is 0.138. The van der Waals surface area contributed by atoms with Crippen LogP contribution in [0.15, 0.2) is 64.7 Å². The Morgan fingerprint density at radius 3 is 2.26 bits per heavy atom. The molecule has 218 valence electrons. The summed E-state index contributed by atoms with van der Waals surface area (Å²) in [6.45, 7) is 12.3. The lowest BCUT2D eigenvalue weighted by Crippen LogP contribution is -2.42. The molecule has 1 atom stereocenters. The number of benzene rings is 1. The third-order valence-corrected chi connectivity index (χ3v) is 9.55. The van der Waals surface area contributed by atoms with Crippen LogP contribution in [0.2, 0.25) is 0 Å². The monoisotopic (exact) mass is 564 g/mol. The van der Waals surface area contributed by atoms with Crippen molar-refractivity contribution in [2.75, 3.05) is 25.3 Å². The Morgan fingerprint density at radius 2 is 1.74 bits per heavy atom. The van der Waals surface area contributed by atoms with Crippen LogP contribution < -0.4 is 5.32 Å². The highest BCUT2D eigenvalue weighted by Gasteiger charge is 2.38. The molecule has 0 saturated heterocycles. The SMILES string of the molecule is CCC(=N)C(C)(C)S(=O)(=O)CC(C)c1cc(NC(=C2CC2)/C(C)=C/C=C(/F)C=C(C)CC)ccc1F.COC. The van der Waals surface area contributed by atoms with Crippen molar-refractivity contribution in [1.29, 1.82) is 5.41 Å². The Kier molecular flexibility index (Phi) is 13.5. The molecule has 0 aliphatic heterocycles. The van der Waals surface area contributed by atoms with Gasteiger partial charge in [0.1, 0.15) is 16.4 Å². The highest BCUT2D eigenvalue weighted by molar-refractivity contribution is 7.93. The third-order valence-electron chi connectivity index (χ3n) is 6.81. The standard InChI is InChI=1S/C29H40F2N2O2S.C2H6O/c1-8-19(3)16-23(30)13-10-20(4)28(22-11-12-22)33-24-14-15-26(31)25(17-24)21(5)18-36(34,35)29(6,7)27(32)9-2;1-3-2/h10,13-17,21,32-33H,8-9,11-12,18H2,1-7H3;1-2H3/b19-16?,20-10+,23-13+,32-27?;. The van der Waals surface area contributed by atoms with E-state index in [-0.39, 0.29) is 17.3 Å². The second-order valence-corrected chi connectivity index (χ2v) is 13.1. The first kappa shape index (κ1) is 34.4. The number of allylic oxidation sites excluding steroid dienone is 7. The van der Waals surface area contributed by atoms with E-state index in [0.29, 0.717) is 17.7 Å². The lowest BCUT2D eigenvalue weighted by molar-refractivity contribution is 0.277. The van der Waals surface area contributed by atoms with Crippen LogP contribution in [0.25, 0.3) is 0 Å². The van der Waals surface area contributed by atoms with Crippen LogP contribution in [-0.4, -0.2) is 38.8 Å². The Labute approximate surface area is 234 Å². The van der Waals surface area contributed by atoms with Crippen LogP contribution in [0, 0.1) is 11.2 Å². The molecule has 0 heterocycles. The molecule has 8 heteroatoms. The van der Waals surface area contributed by atoms with Gasteiger partial charge in [0.05, 0.1) is 5.75 Å². The fourth-order valence-electron chi connectivity index (χ4n) is 3.84. The van der Waals surface area contributed by atoms with Gasteiger partial charge in [0.2, 0.25) is 0 Å². The molecule has 1 aromatic carbocycles. The van der Waals surface area contributed by atoms with Gasteiger partial charge < -0.3 is 15.5 Å². The summed E-state index contributed by atoms with van der Waals surface area (Å²) in [5.74, 6) is -1.64. The summed E-state index contributed by atoms with van der Waals surface area (Å²) in [5.41, 5.74) is 4.99. The van der Waals surface area contributed by atoms with Gasteiger partial charge in [-0.1, -0.05) is 32.4 Å². The van der Waals surface area contributed by atoms with Crippen LogP contribution in [0.4, 0.5) is 14.5 Å². The predicted octanol–water partition coefficient (Wildman–Crippen LogP) is 8.43. The van der Waals surface area contributed by atoms with E-state index in [4.69, 9.17) is 5.41 Å². The highest BCUT2D eigenvalue weighted by Crippen LogP contribution is 2.36. The Hall–Kier alpha value is -2.58. The van der Waals surface area contributed by atoms with Gasteiger partial charge in [-0.2, -0.15) is 0 Å². The smallest absolute Gasteiger partial charge is 0.161 e. The molecule has 0 aromatic heterocycles.